The molecule has 1 unspecified atom stereocenters. The second-order valence-electron chi connectivity index (χ2n) is 7.82. The van der Waals surface area contributed by atoms with E-state index in [9.17, 15) is 14.4 Å². The lowest BCUT2D eigenvalue weighted by molar-refractivity contribution is 0.1000. The maximum absolute atomic E-state index is 13.2. The van der Waals surface area contributed by atoms with Crippen LogP contribution in [0.3, 0.4) is 0 Å². The van der Waals surface area contributed by atoms with Crippen molar-refractivity contribution < 1.29 is 9.18 Å². The van der Waals surface area contributed by atoms with Gasteiger partial charge in [-0.05, 0) is 37.6 Å². The van der Waals surface area contributed by atoms with E-state index < -0.39 is 5.91 Å². The van der Waals surface area contributed by atoms with Gasteiger partial charge in [0.2, 0.25) is 0 Å². The summed E-state index contributed by atoms with van der Waals surface area (Å²) < 4.78 is 17.0. The summed E-state index contributed by atoms with van der Waals surface area (Å²) in [6.45, 7) is 4.94. The molecule has 166 valence electrons. The minimum atomic E-state index is -0.632. The first-order chi connectivity index (χ1) is 15.5. The van der Waals surface area contributed by atoms with Crippen LogP contribution in [0.25, 0.3) is 0 Å². The molecule has 1 aliphatic heterocycles. The molecule has 0 radical (unpaired) electrons. The van der Waals surface area contributed by atoms with Gasteiger partial charge in [-0.15, -0.1) is 0 Å². The molecule has 1 aliphatic rings. The fourth-order valence-electron chi connectivity index (χ4n) is 4.04. The van der Waals surface area contributed by atoms with Crippen LogP contribution < -0.4 is 11.1 Å². The van der Waals surface area contributed by atoms with Crippen molar-refractivity contribution >= 4 is 17.4 Å². The van der Waals surface area contributed by atoms with Gasteiger partial charge in [0.15, 0.2) is 5.82 Å². The number of benzene rings is 1. The molecule has 3 N–H and O–H groups in total. The molecule has 3 aromatic rings. The topological polar surface area (TPSA) is 118 Å². The molecular formula is C22H25FN8O. The quantitative estimate of drug-likeness (QED) is 0.588. The molecule has 2 aromatic heterocycles. The van der Waals surface area contributed by atoms with Crippen molar-refractivity contribution in [3.8, 4) is 6.07 Å². The first kappa shape index (κ1) is 21.5. The fourth-order valence-corrected chi connectivity index (χ4v) is 4.04. The molecular weight excluding hydrogens is 411 g/mol. The number of primary amides is 1. The van der Waals surface area contributed by atoms with E-state index in [1.165, 1.54) is 12.1 Å². The van der Waals surface area contributed by atoms with Crippen molar-refractivity contribution in [3.63, 3.8) is 0 Å². The summed E-state index contributed by atoms with van der Waals surface area (Å²) in [5.74, 6) is 0.000561. The number of nitrogens with two attached hydrogens (primary N) is 1. The number of piperidine rings is 1. The molecule has 1 fully saturated rings. The molecule has 1 amide bonds. The molecule has 32 heavy (non-hydrogen) atoms. The number of aromatic nitrogens is 4. The van der Waals surface area contributed by atoms with Crippen LogP contribution in [-0.2, 0) is 13.1 Å². The van der Waals surface area contributed by atoms with Gasteiger partial charge in [-0.25, -0.2) is 9.37 Å². The number of amides is 1. The molecule has 9 nitrogen and oxygen atoms in total. The first-order valence-corrected chi connectivity index (χ1v) is 10.5. The molecule has 1 aromatic carbocycles. The second-order valence-corrected chi connectivity index (χ2v) is 7.82. The Morgan fingerprint density at radius 2 is 2.16 bits per heavy atom. The summed E-state index contributed by atoms with van der Waals surface area (Å²) in [5.41, 5.74) is 6.36. The van der Waals surface area contributed by atoms with Crippen molar-refractivity contribution in [3.05, 3.63) is 60.1 Å². The van der Waals surface area contributed by atoms with Gasteiger partial charge in [0.25, 0.3) is 5.91 Å². The van der Waals surface area contributed by atoms with Crippen LogP contribution in [0.5, 0.6) is 0 Å². The number of hydrogen-bond acceptors (Lipinski definition) is 6. The van der Waals surface area contributed by atoms with Crippen molar-refractivity contribution in [1.29, 1.82) is 5.26 Å². The highest BCUT2D eigenvalue weighted by molar-refractivity contribution is 5.98. The number of halogens is 1. The molecule has 0 spiro atoms. The summed E-state index contributed by atoms with van der Waals surface area (Å²) in [5, 5.41) is 17.3. The summed E-state index contributed by atoms with van der Waals surface area (Å²) in [6.07, 6.45) is 6.01. The largest absolute Gasteiger partial charge is 0.365 e. The molecule has 0 bridgehead atoms. The number of hydrogen-bond donors (Lipinski definition) is 2. The Morgan fingerprint density at radius 1 is 1.38 bits per heavy atom. The van der Waals surface area contributed by atoms with Gasteiger partial charge in [0.05, 0.1) is 24.6 Å². The van der Waals surface area contributed by atoms with Crippen LogP contribution >= 0.6 is 0 Å². The maximum Gasteiger partial charge on any atom is 0.254 e. The zero-order chi connectivity index (χ0) is 22.7. The number of nitrogens with one attached hydrogen (secondary N) is 1. The fraction of sp³-hybridized carbons (Fsp3) is 0.364. The summed E-state index contributed by atoms with van der Waals surface area (Å²) in [6, 6.07) is 7.86. The summed E-state index contributed by atoms with van der Waals surface area (Å²) in [7, 11) is 0. The average Bonchev–Trinajstić information content (AvgIpc) is 3.42. The summed E-state index contributed by atoms with van der Waals surface area (Å²) >= 11 is 0. The number of likely N-dealkylation sites (tertiary alicyclic amines) is 1. The van der Waals surface area contributed by atoms with Gasteiger partial charge in [-0.3, -0.25) is 14.4 Å². The van der Waals surface area contributed by atoms with Crippen molar-refractivity contribution in [2.24, 2.45) is 11.7 Å². The van der Waals surface area contributed by atoms with Gasteiger partial charge in [0, 0.05) is 43.9 Å². The molecule has 0 aliphatic carbocycles. The lowest BCUT2D eigenvalue weighted by Crippen LogP contribution is -2.41. The SMILES string of the molecule is CCn1ccnc1CN1CC[C@@H](C#N)C(n2cc(C(N)=O)c(Nc3ccc(F)cc3)n2)C1. The third-order valence-corrected chi connectivity index (χ3v) is 5.78. The van der Waals surface area contributed by atoms with Crippen LogP contribution in [0.4, 0.5) is 15.9 Å². The van der Waals surface area contributed by atoms with E-state index in [4.69, 9.17) is 5.73 Å². The highest BCUT2D eigenvalue weighted by Crippen LogP contribution is 2.30. The number of anilines is 2. The van der Waals surface area contributed by atoms with E-state index >= 15 is 0 Å². The van der Waals surface area contributed by atoms with Gasteiger partial charge in [0.1, 0.15) is 17.2 Å². The Kier molecular flexibility index (Phi) is 6.18. The average molecular weight is 436 g/mol. The number of nitriles is 1. The van der Waals surface area contributed by atoms with Crippen LogP contribution in [0.15, 0.2) is 42.9 Å². The smallest absolute Gasteiger partial charge is 0.254 e. The maximum atomic E-state index is 13.2. The Bertz CT molecular complexity index is 1130. The standard InChI is InChI=1S/C22H25FN8O/c1-2-30-10-8-26-20(30)14-29-9-7-15(11-24)19(13-29)31-12-18(21(25)32)22(28-31)27-17-5-3-16(23)4-6-17/h3-6,8,10,12,15,19H,2,7,9,13-14H2,1H3,(H2,25,32)(H,27,28)/t15-,19?/m0/s1. The van der Waals surface area contributed by atoms with Crippen LogP contribution in [-0.4, -0.2) is 43.2 Å². The zero-order valence-corrected chi connectivity index (χ0v) is 17.8. The number of nitrogens with zero attached hydrogens (tertiary/aromatic N) is 6. The van der Waals surface area contributed by atoms with E-state index in [2.05, 4.69) is 37.9 Å². The predicted molar refractivity (Wildman–Crippen MR) is 116 cm³/mol. The predicted octanol–water partition coefficient (Wildman–Crippen LogP) is 2.67. The molecule has 3 heterocycles. The summed E-state index contributed by atoms with van der Waals surface area (Å²) in [4.78, 5) is 18.7. The Morgan fingerprint density at radius 3 is 2.84 bits per heavy atom. The van der Waals surface area contributed by atoms with Gasteiger partial charge in [-0.2, -0.15) is 10.4 Å². The van der Waals surface area contributed by atoms with Crippen LogP contribution in [0, 0.1) is 23.1 Å². The zero-order valence-electron chi connectivity index (χ0n) is 17.8. The third-order valence-electron chi connectivity index (χ3n) is 5.78. The van der Waals surface area contributed by atoms with Crippen LogP contribution in [0.1, 0.15) is 35.6 Å². The van der Waals surface area contributed by atoms with Gasteiger partial charge < -0.3 is 15.6 Å². The Hall–Kier alpha value is -3.71. The number of carbonyl (C=O) groups is 1. The van der Waals surface area contributed by atoms with E-state index in [0.717, 1.165) is 18.9 Å². The molecule has 0 saturated carbocycles. The Balaban J connectivity index is 1.58. The molecule has 1 saturated heterocycles. The molecule has 2 atom stereocenters. The number of imidazole rings is 1. The van der Waals surface area contributed by atoms with Gasteiger partial charge in [-0.1, -0.05) is 0 Å². The lowest BCUT2D eigenvalue weighted by Gasteiger charge is -2.35. The monoisotopic (exact) mass is 436 g/mol. The van der Waals surface area contributed by atoms with Crippen molar-refractivity contribution in [2.45, 2.75) is 32.5 Å². The highest BCUT2D eigenvalue weighted by Gasteiger charge is 2.33. The third kappa shape index (κ3) is 4.48. The van der Waals surface area contributed by atoms with Crippen LogP contribution in [0.2, 0.25) is 0 Å². The Labute approximate surface area is 185 Å². The minimum absolute atomic E-state index is 0.213. The van der Waals surface area contributed by atoms with Gasteiger partial charge >= 0.3 is 0 Å². The van der Waals surface area contributed by atoms with Crippen molar-refractivity contribution in [1.82, 2.24) is 24.2 Å². The highest BCUT2D eigenvalue weighted by atomic mass is 19.1. The molecule has 4 rings (SSSR count). The van der Waals surface area contributed by atoms with E-state index in [0.29, 0.717) is 25.2 Å². The van der Waals surface area contributed by atoms with Crippen molar-refractivity contribution in [2.75, 3.05) is 18.4 Å². The second kappa shape index (κ2) is 9.20. The first-order valence-electron chi connectivity index (χ1n) is 10.5. The van der Waals surface area contributed by atoms with E-state index in [1.54, 1.807) is 29.2 Å². The minimum Gasteiger partial charge on any atom is -0.365 e. The number of carbonyl (C=O) groups excluding carboxylic acids is 1. The van der Waals surface area contributed by atoms with E-state index in [1.807, 2.05) is 6.20 Å². The lowest BCUT2D eigenvalue weighted by atomic mass is 9.93. The number of aryl methyl sites for hydroxylation is 1. The number of rotatable bonds is 7. The van der Waals surface area contributed by atoms with E-state index in [-0.39, 0.29) is 29.2 Å². The molecule has 10 heteroatoms. The normalized spacial score (nSPS) is 18.9.